The molecule has 102 valence electrons. The number of nitrogens with two attached hydrogens (primary N) is 1. The van der Waals surface area contributed by atoms with Crippen LogP contribution in [0.25, 0.3) is 5.95 Å². The molecule has 0 radical (unpaired) electrons. The van der Waals surface area contributed by atoms with Gasteiger partial charge in [-0.15, -0.1) is 0 Å². The van der Waals surface area contributed by atoms with E-state index >= 15 is 0 Å². The minimum Gasteiger partial charge on any atom is -0.368 e. The summed E-state index contributed by atoms with van der Waals surface area (Å²) in [6.45, 7) is 1.44. The van der Waals surface area contributed by atoms with E-state index in [9.17, 15) is 0 Å². The van der Waals surface area contributed by atoms with E-state index in [0.717, 1.165) is 0 Å². The molecule has 3 rings (SSSR count). The first-order valence-corrected chi connectivity index (χ1v) is 6.04. The van der Waals surface area contributed by atoms with E-state index in [1.54, 1.807) is 18.5 Å². The summed E-state index contributed by atoms with van der Waals surface area (Å²) in [5.74, 6) is 0.879. The largest absolute Gasteiger partial charge is 0.368 e. The van der Waals surface area contributed by atoms with Crippen molar-refractivity contribution in [1.82, 2.24) is 24.7 Å². The normalized spacial score (nSPS) is 18.8. The zero-order valence-electron chi connectivity index (χ0n) is 10.5. The Bertz CT molecular complexity index is 634. The second kappa shape index (κ2) is 5.10. The van der Waals surface area contributed by atoms with Crippen LogP contribution >= 0.6 is 0 Å². The van der Waals surface area contributed by atoms with Crippen LogP contribution in [-0.2, 0) is 4.74 Å². The molecule has 0 amide bonds. The van der Waals surface area contributed by atoms with Gasteiger partial charge in [-0.3, -0.25) is 0 Å². The maximum Gasteiger partial charge on any atom is 0.257 e. The molecule has 0 saturated carbocycles. The van der Waals surface area contributed by atoms with E-state index < -0.39 is 6.10 Å². The monoisotopic (exact) mass is 272 g/mol. The van der Waals surface area contributed by atoms with Crippen molar-refractivity contribution < 1.29 is 4.74 Å². The standard InChI is InChI=1S/C11H12N8O/c12-6-8-7-18(4-5-20-8)10-15-9(13)16-11(17-10)19-3-1-2-14-19/h1-3,8H,4-5,7H2,(H2,13,15,16,17). The number of hydrogen-bond donors (Lipinski definition) is 1. The topological polar surface area (TPSA) is 119 Å². The Kier molecular flexibility index (Phi) is 3.14. The lowest BCUT2D eigenvalue weighted by Crippen LogP contribution is -2.43. The van der Waals surface area contributed by atoms with Crippen LogP contribution in [0.2, 0.25) is 0 Å². The van der Waals surface area contributed by atoms with Crippen molar-refractivity contribution in [3.05, 3.63) is 18.5 Å². The number of hydrogen-bond acceptors (Lipinski definition) is 8. The number of anilines is 2. The van der Waals surface area contributed by atoms with Crippen LogP contribution in [-0.4, -0.2) is 50.5 Å². The van der Waals surface area contributed by atoms with E-state index in [1.807, 2.05) is 4.90 Å². The summed E-state index contributed by atoms with van der Waals surface area (Å²) in [6.07, 6.45) is 2.85. The second-order valence-electron chi connectivity index (χ2n) is 4.18. The molecule has 0 aliphatic carbocycles. The molecular formula is C11H12N8O. The minimum atomic E-state index is -0.491. The highest BCUT2D eigenvalue weighted by Gasteiger charge is 2.23. The fourth-order valence-corrected chi connectivity index (χ4v) is 1.91. The average molecular weight is 272 g/mol. The van der Waals surface area contributed by atoms with Gasteiger partial charge in [0, 0.05) is 18.9 Å². The molecule has 1 atom stereocenters. The van der Waals surface area contributed by atoms with Gasteiger partial charge in [0.25, 0.3) is 5.95 Å². The smallest absolute Gasteiger partial charge is 0.257 e. The van der Waals surface area contributed by atoms with Gasteiger partial charge in [0.15, 0.2) is 6.10 Å². The van der Waals surface area contributed by atoms with Crippen LogP contribution in [0.1, 0.15) is 0 Å². The molecule has 2 N–H and O–H groups in total. The van der Waals surface area contributed by atoms with Gasteiger partial charge in [0.05, 0.1) is 19.2 Å². The summed E-state index contributed by atoms with van der Waals surface area (Å²) in [5.41, 5.74) is 5.71. The lowest BCUT2D eigenvalue weighted by atomic mass is 10.3. The van der Waals surface area contributed by atoms with Gasteiger partial charge < -0.3 is 15.4 Å². The molecule has 1 aliphatic rings. The zero-order chi connectivity index (χ0) is 13.9. The highest BCUT2D eigenvalue weighted by Crippen LogP contribution is 2.15. The van der Waals surface area contributed by atoms with Crippen molar-refractivity contribution in [1.29, 1.82) is 5.26 Å². The molecule has 1 unspecified atom stereocenters. The molecule has 0 bridgehead atoms. The van der Waals surface area contributed by atoms with Gasteiger partial charge in [-0.25, -0.2) is 4.68 Å². The Hall–Kier alpha value is -2.73. The Balaban J connectivity index is 1.92. The fourth-order valence-electron chi connectivity index (χ4n) is 1.91. The van der Waals surface area contributed by atoms with Crippen molar-refractivity contribution >= 4 is 11.9 Å². The van der Waals surface area contributed by atoms with Gasteiger partial charge in [0.1, 0.15) is 0 Å². The van der Waals surface area contributed by atoms with Gasteiger partial charge >= 0.3 is 0 Å². The summed E-state index contributed by atoms with van der Waals surface area (Å²) in [5, 5.41) is 13.0. The third-order valence-corrected chi connectivity index (χ3v) is 2.83. The van der Waals surface area contributed by atoms with Crippen molar-refractivity contribution in [2.75, 3.05) is 30.3 Å². The molecule has 1 saturated heterocycles. The molecule has 1 aliphatic heterocycles. The van der Waals surface area contributed by atoms with Crippen LogP contribution in [0.3, 0.4) is 0 Å². The fraction of sp³-hybridized carbons (Fsp3) is 0.364. The number of nitriles is 1. The number of ether oxygens (including phenoxy) is 1. The van der Waals surface area contributed by atoms with Crippen LogP contribution in [0, 0.1) is 11.3 Å². The Morgan fingerprint density at radius 1 is 1.35 bits per heavy atom. The predicted molar refractivity (Wildman–Crippen MR) is 68.9 cm³/mol. The number of nitrogens with zero attached hydrogens (tertiary/aromatic N) is 7. The Morgan fingerprint density at radius 2 is 2.20 bits per heavy atom. The first kappa shape index (κ1) is 12.3. The summed E-state index contributed by atoms with van der Waals surface area (Å²) < 4.78 is 6.79. The average Bonchev–Trinajstić information content (AvgIpc) is 3.01. The summed E-state index contributed by atoms with van der Waals surface area (Å²) in [6, 6.07) is 3.84. The number of morpholine rings is 1. The van der Waals surface area contributed by atoms with Gasteiger partial charge in [-0.1, -0.05) is 0 Å². The molecule has 0 aromatic carbocycles. The number of aromatic nitrogens is 5. The number of nitrogen functional groups attached to an aromatic ring is 1. The second-order valence-corrected chi connectivity index (χ2v) is 4.18. The van der Waals surface area contributed by atoms with Crippen LogP contribution in [0.4, 0.5) is 11.9 Å². The van der Waals surface area contributed by atoms with Crippen LogP contribution in [0.5, 0.6) is 0 Å². The van der Waals surface area contributed by atoms with E-state index in [0.29, 0.717) is 31.6 Å². The zero-order valence-corrected chi connectivity index (χ0v) is 10.5. The third-order valence-electron chi connectivity index (χ3n) is 2.83. The molecule has 9 heteroatoms. The molecule has 2 aromatic heterocycles. The first-order valence-electron chi connectivity index (χ1n) is 6.04. The molecule has 20 heavy (non-hydrogen) atoms. The van der Waals surface area contributed by atoms with E-state index in [4.69, 9.17) is 15.7 Å². The summed E-state index contributed by atoms with van der Waals surface area (Å²) >= 11 is 0. The maximum absolute atomic E-state index is 8.92. The van der Waals surface area contributed by atoms with Crippen molar-refractivity contribution in [3.63, 3.8) is 0 Å². The van der Waals surface area contributed by atoms with Crippen LogP contribution in [0.15, 0.2) is 18.5 Å². The molecular weight excluding hydrogens is 260 g/mol. The van der Waals surface area contributed by atoms with Gasteiger partial charge in [-0.05, 0) is 6.07 Å². The van der Waals surface area contributed by atoms with E-state index in [2.05, 4.69) is 26.1 Å². The molecule has 1 fully saturated rings. The molecule has 2 aromatic rings. The molecule has 9 nitrogen and oxygen atoms in total. The van der Waals surface area contributed by atoms with Gasteiger partial charge in [-0.2, -0.15) is 25.3 Å². The lowest BCUT2D eigenvalue weighted by molar-refractivity contribution is 0.0758. The number of rotatable bonds is 2. The SMILES string of the molecule is N#CC1CN(c2nc(N)nc(-n3cccn3)n2)CCO1. The van der Waals surface area contributed by atoms with Crippen molar-refractivity contribution in [2.24, 2.45) is 0 Å². The quantitative estimate of drug-likeness (QED) is 0.767. The molecule has 3 heterocycles. The summed E-state index contributed by atoms with van der Waals surface area (Å²) in [4.78, 5) is 14.3. The lowest BCUT2D eigenvalue weighted by Gasteiger charge is -2.29. The highest BCUT2D eigenvalue weighted by atomic mass is 16.5. The molecule has 0 spiro atoms. The predicted octanol–water partition coefficient (Wildman–Crippen LogP) is -0.632. The minimum absolute atomic E-state index is 0.112. The van der Waals surface area contributed by atoms with Gasteiger partial charge in [0.2, 0.25) is 11.9 Å². The maximum atomic E-state index is 8.92. The van der Waals surface area contributed by atoms with Crippen molar-refractivity contribution in [3.8, 4) is 12.0 Å². The highest BCUT2D eigenvalue weighted by molar-refractivity contribution is 5.38. The first-order chi connectivity index (χ1) is 9.76. The summed E-state index contributed by atoms with van der Waals surface area (Å²) in [7, 11) is 0. The third kappa shape index (κ3) is 2.36. The Morgan fingerprint density at radius 3 is 2.95 bits per heavy atom. The Labute approximate surface area is 114 Å². The van der Waals surface area contributed by atoms with E-state index in [1.165, 1.54) is 4.68 Å². The van der Waals surface area contributed by atoms with Crippen molar-refractivity contribution in [2.45, 2.75) is 6.10 Å². The van der Waals surface area contributed by atoms with E-state index in [-0.39, 0.29) is 5.95 Å². The van der Waals surface area contributed by atoms with Crippen LogP contribution < -0.4 is 10.6 Å².